The molecule has 0 atom stereocenters. The Kier molecular flexibility index (Phi) is 3.42. The van der Waals surface area contributed by atoms with Crippen molar-refractivity contribution in [3.8, 4) is 0 Å². The average molecular weight is 255 g/mol. The molecule has 19 heavy (non-hydrogen) atoms. The molecule has 0 aromatic heterocycles. The first-order chi connectivity index (χ1) is 8.97. The van der Waals surface area contributed by atoms with Crippen LogP contribution in [0.1, 0.15) is 21.5 Å². The van der Waals surface area contributed by atoms with Crippen molar-refractivity contribution < 1.29 is 4.79 Å². The summed E-state index contributed by atoms with van der Waals surface area (Å²) in [5, 5.41) is 3.22. The van der Waals surface area contributed by atoms with Crippen LogP contribution in [0.3, 0.4) is 0 Å². The second-order valence-corrected chi connectivity index (χ2v) is 4.61. The number of carbonyl (C=O) groups excluding carboxylic acids is 1. The highest BCUT2D eigenvalue weighted by molar-refractivity contribution is 6.00. The second kappa shape index (κ2) is 5.02. The number of amides is 1. The molecule has 98 valence electrons. The largest absolute Gasteiger partial charge is 0.399 e. The molecule has 0 aliphatic heterocycles. The van der Waals surface area contributed by atoms with E-state index in [1.165, 1.54) is 0 Å². The van der Waals surface area contributed by atoms with E-state index >= 15 is 0 Å². The van der Waals surface area contributed by atoms with Crippen LogP contribution < -0.4 is 16.8 Å². The van der Waals surface area contributed by atoms with Crippen molar-refractivity contribution in [1.82, 2.24) is 0 Å². The Morgan fingerprint density at radius 1 is 1.05 bits per heavy atom. The van der Waals surface area contributed by atoms with E-state index in [1.54, 1.807) is 18.2 Å². The first kappa shape index (κ1) is 13.0. The zero-order chi connectivity index (χ0) is 14.0. The zero-order valence-corrected chi connectivity index (χ0v) is 11.0. The van der Waals surface area contributed by atoms with Gasteiger partial charge < -0.3 is 16.8 Å². The van der Waals surface area contributed by atoms with Gasteiger partial charge >= 0.3 is 0 Å². The Bertz CT molecular complexity index is 635. The maximum Gasteiger partial charge on any atom is 0.250 e. The van der Waals surface area contributed by atoms with E-state index in [-0.39, 0.29) is 0 Å². The highest BCUT2D eigenvalue weighted by atomic mass is 16.1. The van der Waals surface area contributed by atoms with Crippen LogP contribution in [0.5, 0.6) is 0 Å². The molecule has 0 aliphatic rings. The molecular formula is C15H17N3O. The maximum atomic E-state index is 11.4. The molecule has 4 heteroatoms. The molecular weight excluding hydrogens is 238 g/mol. The molecule has 5 N–H and O–H groups in total. The molecule has 0 bridgehead atoms. The van der Waals surface area contributed by atoms with Gasteiger partial charge in [0.1, 0.15) is 0 Å². The Balaban J connectivity index is 2.45. The number of nitrogens with one attached hydrogen (secondary N) is 1. The molecule has 0 radical (unpaired) electrons. The summed E-state index contributed by atoms with van der Waals surface area (Å²) in [6.45, 7) is 4.01. The number of rotatable bonds is 3. The summed E-state index contributed by atoms with van der Waals surface area (Å²) in [4.78, 5) is 11.4. The summed E-state index contributed by atoms with van der Waals surface area (Å²) in [5.41, 5.74) is 15.9. The van der Waals surface area contributed by atoms with E-state index in [4.69, 9.17) is 11.5 Å². The fourth-order valence-electron chi connectivity index (χ4n) is 1.90. The first-order valence-electron chi connectivity index (χ1n) is 6.01. The van der Waals surface area contributed by atoms with Crippen LogP contribution in [0.2, 0.25) is 0 Å². The van der Waals surface area contributed by atoms with Crippen molar-refractivity contribution in [2.24, 2.45) is 5.73 Å². The van der Waals surface area contributed by atoms with Gasteiger partial charge in [0, 0.05) is 11.4 Å². The van der Waals surface area contributed by atoms with Crippen molar-refractivity contribution in [3.63, 3.8) is 0 Å². The summed E-state index contributed by atoms with van der Waals surface area (Å²) in [6, 6.07) is 11.1. The van der Waals surface area contributed by atoms with Crippen molar-refractivity contribution in [1.29, 1.82) is 0 Å². The van der Waals surface area contributed by atoms with E-state index in [9.17, 15) is 4.79 Å². The average Bonchev–Trinajstić information content (AvgIpc) is 2.33. The van der Waals surface area contributed by atoms with E-state index in [2.05, 4.69) is 5.32 Å². The lowest BCUT2D eigenvalue weighted by molar-refractivity contribution is 0.100. The van der Waals surface area contributed by atoms with Crippen LogP contribution in [-0.2, 0) is 0 Å². The summed E-state index contributed by atoms with van der Waals surface area (Å²) >= 11 is 0. The number of benzene rings is 2. The van der Waals surface area contributed by atoms with Crippen molar-refractivity contribution in [3.05, 3.63) is 53.1 Å². The smallest absolute Gasteiger partial charge is 0.250 e. The third-order valence-electron chi connectivity index (χ3n) is 2.97. The number of nitrogens with two attached hydrogens (primary N) is 2. The first-order valence-corrected chi connectivity index (χ1v) is 6.01. The number of carbonyl (C=O) groups is 1. The Labute approximate surface area is 112 Å². The molecule has 0 spiro atoms. The van der Waals surface area contributed by atoms with Crippen LogP contribution in [0.15, 0.2) is 36.4 Å². The van der Waals surface area contributed by atoms with Crippen LogP contribution in [-0.4, -0.2) is 5.91 Å². The van der Waals surface area contributed by atoms with E-state index in [1.807, 2.05) is 32.0 Å². The highest BCUT2D eigenvalue weighted by Gasteiger charge is 2.09. The molecule has 1 amide bonds. The zero-order valence-electron chi connectivity index (χ0n) is 11.0. The van der Waals surface area contributed by atoms with Gasteiger partial charge in [0.05, 0.1) is 11.3 Å². The lowest BCUT2D eigenvalue weighted by atomic mass is 10.1. The molecule has 4 nitrogen and oxygen atoms in total. The number of aryl methyl sites for hydroxylation is 2. The monoisotopic (exact) mass is 255 g/mol. The minimum atomic E-state index is -0.479. The van der Waals surface area contributed by atoms with Gasteiger partial charge in [-0.05, 0) is 49.2 Å². The van der Waals surface area contributed by atoms with Gasteiger partial charge in [0.25, 0.3) is 5.91 Å². The van der Waals surface area contributed by atoms with E-state index < -0.39 is 5.91 Å². The van der Waals surface area contributed by atoms with Crippen LogP contribution in [0.4, 0.5) is 17.1 Å². The minimum absolute atomic E-state index is 0.426. The molecule has 2 aromatic carbocycles. The van der Waals surface area contributed by atoms with Gasteiger partial charge in [-0.15, -0.1) is 0 Å². The molecule has 2 rings (SSSR count). The quantitative estimate of drug-likeness (QED) is 0.737. The summed E-state index contributed by atoms with van der Waals surface area (Å²) in [5.74, 6) is -0.479. The van der Waals surface area contributed by atoms with Crippen LogP contribution in [0, 0.1) is 13.8 Å². The predicted molar refractivity (Wildman–Crippen MR) is 78.6 cm³/mol. The molecule has 0 fully saturated rings. The molecule has 0 saturated heterocycles. The molecule has 0 unspecified atom stereocenters. The minimum Gasteiger partial charge on any atom is -0.399 e. The number of hydrogen-bond acceptors (Lipinski definition) is 3. The fraction of sp³-hybridized carbons (Fsp3) is 0.133. The Hall–Kier alpha value is -2.49. The predicted octanol–water partition coefficient (Wildman–Crippen LogP) is 2.73. The van der Waals surface area contributed by atoms with Gasteiger partial charge in [-0.1, -0.05) is 12.1 Å². The Morgan fingerprint density at radius 3 is 2.47 bits per heavy atom. The third-order valence-corrected chi connectivity index (χ3v) is 2.97. The van der Waals surface area contributed by atoms with Crippen LogP contribution in [0.25, 0.3) is 0 Å². The topological polar surface area (TPSA) is 81.1 Å². The summed E-state index contributed by atoms with van der Waals surface area (Å²) < 4.78 is 0. The van der Waals surface area contributed by atoms with Crippen molar-refractivity contribution in [2.75, 3.05) is 11.1 Å². The van der Waals surface area contributed by atoms with E-state index in [0.29, 0.717) is 16.9 Å². The maximum absolute atomic E-state index is 11.4. The molecule has 0 aliphatic carbocycles. The number of primary amides is 1. The molecule has 0 heterocycles. The van der Waals surface area contributed by atoms with Gasteiger partial charge in [0.2, 0.25) is 0 Å². The van der Waals surface area contributed by atoms with Crippen LogP contribution >= 0.6 is 0 Å². The van der Waals surface area contributed by atoms with Gasteiger partial charge in [-0.2, -0.15) is 0 Å². The van der Waals surface area contributed by atoms with Gasteiger partial charge in [-0.25, -0.2) is 0 Å². The van der Waals surface area contributed by atoms with E-state index in [0.717, 1.165) is 16.8 Å². The molecule has 2 aromatic rings. The normalized spacial score (nSPS) is 10.2. The number of anilines is 3. The summed E-state index contributed by atoms with van der Waals surface area (Å²) in [6.07, 6.45) is 0. The van der Waals surface area contributed by atoms with Gasteiger partial charge in [0.15, 0.2) is 0 Å². The highest BCUT2D eigenvalue weighted by Crippen LogP contribution is 2.26. The van der Waals surface area contributed by atoms with Crippen molar-refractivity contribution >= 4 is 23.0 Å². The second-order valence-electron chi connectivity index (χ2n) is 4.61. The lowest BCUT2D eigenvalue weighted by Crippen LogP contribution is -2.13. The third kappa shape index (κ3) is 2.85. The number of hydrogen-bond donors (Lipinski definition) is 3. The number of nitrogen functional groups attached to an aromatic ring is 1. The SMILES string of the molecule is Cc1ccc(C)c(Nc2cc(N)ccc2C(N)=O)c1. The van der Waals surface area contributed by atoms with Crippen molar-refractivity contribution in [2.45, 2.75) is 13.8 Å². The lowest BCUT2D eigenvalue weighted by Gasteiger charge is -2.13. The standard InChI is InChI=1S/C15H17N3O/c1-9-3-4-10(2)13(7-9)18-14-8-11(16)5-6-12(14)15(17)19/h3-8,18H,16H2,1-2H3,(H2,17,19). The molecule has 0 saturated carbocycles. The Morgan fingerprint density at radius 2 is 1.79 bits per heavy atom. The fourth-order valence-corrected chi connectivity index (χ4v) is 1.90. The summed E-state index contributed by atoms with van der Waals surface area (Å²) in [7, 11) is 0. The van der Waals surface area contributed by atoms with Gasteiger partial charge in [-0.3, -0.25) is 4.79 Å².